The third-order valence-electron chi connectivity index (χ3n) is 4.39. The Morgan fingerprint density at radius 2 is 1.69 bits per heavy atom. The van der Waals surface area contributed by atoms with E-state index in [1.807, 2.05) is 0 Å². The first-order chi connectivity index (χ1) is 15.0. The summed E-state index contributed by atoms with van der Waals surface area (Å²) in [7, 11) is 0. The number of thiol groups is 1. The van der Waals surface area contributed by atoms with Gasteiger partial charge in [-0.1, -0.05) is 13.8 Å². The number of aromatic nitrogens is 2. The molecule has 0 saturated carbocycles. The Kier molecular flexibility index (Phi) is 10.6. The number of rotatable bonds is 13. The van der Waals surface area contributed by atoms with E-state index in [9.17, 15) is 24.0 Å². The summed E-state index contributed by atoms with van der Waals surface area (Å²) >= 11 is 3.89. The van der Waals surface area contributed by atoms with Crippen molar-refractivity contribution in [3.8, 4) is 0 Å². The standard InChI is InChI=1S/C18H28N6O7S/c1-8(2)14(17(29)23-12(6-32)18(30)31)24-16(28)11(3-9-5-20-7-21-9)22-15(27)10(19)4-13(25)26/h5,7-8,10-12,14,32H,3-4,6,19H2,1-2H3,(H,20,21)(H,22,27)(H,23,29)(H,24,28)(H,25,26)(H,30,31). The Morgan fingerprint density at radius 3 is 2.16 bits per heavy atom. The normalized spacial score (nSPS) is 14.7. The van der Waals surface area contributed by atoms with Crippen molar-refractivity contribution in [2.24, 2.45) is 11.7 Å². The van der Waals surface area contributed by atoms with Crippen LogP contribution in [0.25, 0.3) is 0 Å². The van der Waals surface area contributed by atoms with Crippen molar-refractivity contribution in [2.75, 3.05) is 5.75 Å². The maximum absolute atomic E-state index is 12.9. The van der Waals surface area contributed by atoms with Gasteiger partial charge in [-0.25, -0.2) is 9.78 Å². The number of aliphatic carboxylic acids is 2. The topological polar surface area (TPSA) is 217 Å². The Labute approximate surface area is 189 Å². The molecule has 4 atom stereocenters. The van der Waals surface area contributed by atoms with Gasteiger partial charge in [0.1, 0.15) is 18.1 Å². The predicted octanol–water partition coefficient (Wildman–Crippen LogP) is -2.12. The van der Waals surface area contributed by atoms with Crippen molar-refractivity contribution in [3.05, 3.63) is 18.2 Å². The van der Waals surface area contributed by atoms with Gasteiger partial charge in [-0.05, 0) is 5.92 Å². The van der Waals surface area contributed by atoms with Crippen molar-refractivity contribution in [1.82, 2.24) is 25.9 Å². The third-order valence-corrected chi connectivity index (χ3v) is 4.75. The minimum atomic E-state index is -1.39. The van der Waals surface area contributed by atoms with Crippen molar-refractivity contribution in [1.29, 1.82) is 0 Å². The fourth-order valence-corrected chi connectivity index (χ4v) is 2.87. The number of carboxylic acids is 2. The van der Waals surface area contributed by atoms with Gasteiger partial charge >= 0.3 is 11.9 Å². The largest absolute Gasteiger partial charge is 0.481 e. The van der Waals surface area contributed by atoms with E-state index >= 15 is 0 Å². The van der Waals surface area contributed by atoms with Crippen LogP contribution in [-0.2, 0) is 30.4 Å². The molecule has 178 valence electrons. The average molecular weight is 473 g/mol. The molecule has 0 aliphatic rings. The van der Waals surface area contributed by atoms with Crippen LogP contribution in [0.15, 0.2) is 12.5 Å². The van der Waals surface area contributed by atoms with E-state index < -0.39 is 66.2 Å². The van der Waals surface area contributed by atoms with Crippen LogP contribution in [0.2, 0.25) is 0 Å². The summed E-state index contributed by atoms with van der Waals surface area (Å²) in [6.45, 7) is 3.29. The SMILES string of the molecule is CC(C)C(NC(=O)C(Cc1cnc[nH]1)NC(=O)C(N)CC(=O)O)C(=O)NC(CS)C(=O)O. The van der Waals surface area contributed by atoms with E-state index in [4.69, 9.17) is 15.9 Å². The van der Waals surface area contributed by atoms with Gasteiger partial charge in [0, 0.05) is 24.1 Å². The highest BCUT2D eigenvalue weighted by Gasteiger charge is 2.32. The lowest BCUT2D eigenvalue weighted by molar-refractivity contribution is -0.142. The highest BCUT2D eigenvalue weighted by Crippen LogP contribution is 2.06. The molecule has 0 spiro atoms. The molecule has 0 radical (unpaired) electrons. The maximum atomic E-state index is 12.9. The Hall–Kier alpha value is -3.13. The number of H-pyrrole nitrogens is 1. The second-order valence-electron chi connectivity index (χ2n) is 7.36. The second kappa shape index (κ2) is 12.7. The molecule has 1 aromatic heterocycles. The molecule has 4 unspecified atom stereocenters. The third kappa shape index (κ3) is 8.55. The molecule has 1 rings (SSSR count). The van der Waals surface area contributed by atoms with Crippen LogP contribution in [0.4, 0.5) is 0 Å². The Morgan fingerprint density at radius 1 is 1.06 bits per heavy atom. The van der Waals surface area contributed by atoms with E-state index in [1.165, 1.54) is 12.5 Å². The van der Waals surface area contributed by atoms with Gasteiger partial charge in [0.25, 0.3) is 0 Å². The summed E-state index contributed by atoms with van der Waals surface area (Å²) in [5, 5.41) is 25.1. The van der Waals surface area contributed by atoms with Crippen molar-refractivity contribution >= 4 is 42.3 Å². The number of nitrogens with one attached hydrogen (secondary N) is 4. The molecule has 0 aliphatic heterocycles. The number of amides is 3. The predicted molar refractivity (Wildman–Crippen MR) is 115 cm³/mol. The number of nitrogens with zero attached hydrogens (tertiary/aromatic N) is 1. The van der Waals surface area contributed by atoms with Gasteiger partial charge in [0.15, 0.2) is 0 Å². The average Bonchev–Trinajstić information content (AvgIpc) is 3.21. The molecule has 1 heterocycles. The lowest BCUT2D eigenvalue weighted by atomic mass is 10.0. The molecule has 0 fully saturated rings. The first-order valence-corrected chi connectivity index (χ1v) is 10.3. The van der Waals surface area contributed by atoms with Crippen molar-refractivity contribution in [3.63, 3.8) is 0 Å². The maximum Gasteiger partial charge on any atom is 0.327 e. The number of carbonyl (C=O) groups excluding carboxylic acids is 3. The van der Waals surface area contributed by atoms with E-state index in [1.54, 1.807) is 13.8 Å². The first-order valence-electron chi connectivity index (χ1n) is 9.65. The summed E-state index contributed by atoms with van der Waals surface area (Å²) in [5.41, 5.74) is 6.05. The van der Waals surface area contributed by atoms with E-state index in [0.29, 0.717) is 5.69 Å². The molecule has 0 aliphatic carbocycles. The number of aromatic amines is 1. The molecule has 0 bridgehead atoms. The van der Waals surface area contributed by atoms with Crippen LogP contribution in [0.3, 0.4) is 0 Å². The molecule has 14 heteroatoms. The number of nitrogens with two attached hydrogens (primary N) is 1. The monoisotopic (exact) mass is 472 g/mol. The van der Waals surface area contributed by atoms with Gasteiger partial charge in [0.05, 0.1) is 18.8 Å². The van der Waals surface area contributed by atoms with Gasteiger partial charge in [-0.3, -0.25) is 19.2 Å². The molecule has 3 amide bonds. The van der Waals surface area contributed by atoms with Crippen LogP contribution in [0.1, 0.15) is 26.0 Å². The summed E-state index contributed by atoms with van der Waals surface area (Å²) in [6.07, 6.45) is 2.12. The number of imidazole rings is 1. The van der Waals surface area contributed by atoms with Crippen LogP contribution in [-0.4, -0.2) is 79.8 Å². The van der Waals surface area contributed by atoms with Crippen molar-refractivity contribution in [2.45, 2.75) is 50.9 Å². The molecular weight excluding hydrogens is 444 g/mol. The fraction of sp³-hybridized carbons (Fsp3) is 0.556. The van der Waals surface area contributed by atoms with E-state index in [-0.39, 0.29) is 12.2 Å². The minimum absolute atomic E-state index is 0.0435. The summed E-state index contributed by atoms with van der Waals surface area (Å²) in [6, 6.07) is -4.96. The molecule has 13 nitrogen and oxygen atoms in total. The molecule has 8 N–H and O–H groups in total. The zero-order chi connectivity index (χ0) is 24.4. The van der Waals surface area contributed by atoms with Crippen molar-refractivity contribution < 1.29 is 34.2 Å². The van der Waals surface area contributed by atoms with Crippen LogP contribution < -0.4 is 21.7 Å². The van der Waals surface area contributed by atoms with Gasteiger partial charge in [0.2, 0.25) is 17.7 Å². The molecule has 0 aromatic carbocycles. The molecule has 32 heavy (non-hydrogen) atoms. The number of carbonyl (C=O) groups is 5. The molecule has 1 aromatic rings. The highest BCUT2D eigenvalue weighted by atomic mass is 32.1. The van der Waals surface area contributed by atoms with E-state index in [0.717, 1.165) is 0 Å². The summed E-state index contributed by atoms with van der Waals surface area (Å²) < 4.78 is 0. The smallest absolute Gasteiger partial charge is 0.327 e. The quantitative estimate of drug-likeness (QED) is 0.147. The highest BCUT2D eigenvalue weighted by molar-refractivity contribution is 7.80. The van der Waals surface area contributed by atoms with Crippen LogP contribution in [0, 0.1) is 5.92 Å². The summed E-state index contributed by atoms with van der Waals surface area (Å²) in [5.74, 6) is -5.48. The number of hydrogen-bond donors (Lipinski definition) is 8. The minimum Gasteiger partial charge on any atom is -0.481 e. The van der Waals surface area contributed by atoms with Crippen LogP contribution >= 0.6 is 12.6 Å². The number of carboxylic acid groups (broad SMARTS) is 2. The number of hydrogen-bond acceptors (Lipinski definition) is 8. The van der Waals surface area contributed by atoms with Gasteiger partial charge in [-0.15, -0.1) is 0 Å². The lowest BCUT2D eigenvalue weighted by Gasteiger charge is -2.26. The first kappa shape index (κ1) is 26.9. The summed E-state index contributed by atoms with van der Waals surface area (Å²) in [4.78, 5) is 66.4. The van der Waals surface area contributed by atoms with E-state index in [2.05, 4.69) is 38.5 Å². The second-order valence-corrected chi connectivity index (χ2v) is 7.72. The molecular formula is C18H28N6O7S. The van der Waals surface area contributed by atoms with Crippen LogP contribution in [0.5, 0.6) is 0 Å². The fourth-order valence-electron chi connectivity index (χ4n) is 2.62. The zero-order valence-corrected chi connectivity index (χ0v) is 18.5. The Balaban J connectivity index is 2.99. The lowest BCUT2D eigenvalue weighted by Crippen LogP contribution is -2.59. The molecule has 0 saturated heterocycles. The Bertz CT molecular complexity index is 817. The van der Waals surface area contributed by atoms with Gasteiger partial charge < -0.3 is 36.9 Å². The van der Waals surface area contributed by atoms with Gasteiger partial charge in [-0.2, -0.15) is 12.6 Å². The zero-order valence-electron chi connectivity index (χ0n) is 17.6.